The van der Waals surface area contributed by atoms with E-state index in [1.54, 1.807) is 0 Å². The molecular weight excluding hydrogens is 282 g/mol. The quantitative estimate of drug-likeness (QED) is 0.826. The summed E-state index contributed by atoms with van der Waals surface area (Å²) in [5, 5.41) is 13.1. The van der Waals surface area contributed by atoms with Crippen molar-refractivity contribution >= 4 is 27.8 Å². The van der Waals surface area contributed by atoms with Crippen molar-refractivity contribution in [3.8, 4) is 6.07 Å². The first-order valence-corrected chi connectivity index (χ1v) is 7.48. The second-order valence-electron chi connectivity index (χ2n) is 4.91. The third-order valence-electron chi connectivity index (χ3n) is 3.31. The van der Waals surface area contributed by atoms with Crippen molar-refractivity contribution in [3.05, 3.63) is 46.3 Å². The minimum atomic E-state index is -0.113. The molecule has 4 nitrogen and oxygen atoms in total. The molecule has 2 aromatic rings. The van der Waals surface area contributed by atoms with E-state index in [-0.39, 0.29) is 11.5 Å². The van der Waals surface area contributed by atoms with E-state index in [1.807, 2.05) is 18.2 Å². The second kappa shape index (κ2) is 6.42. The summed E-state index contributed by atoms with van der Waals surface area (Å²) < 4.78 is 0. The van der Waals surface area contributed by atoms with Crippen molar-refractivity contribution < 1.29 is 4.79 Å². The normalized spacial score (nSPS) is 11.7. The Hall–Kier alpha value is -2.32. The van der Waals surface area contributed by atoms with Crippen molar-refractivity contribution in [2.45, 2.75) is 19.8 Å². The minimum Gasteiger partial charge on any atom is -0.396 e. The molecule has 3 N–H and O–H groups in total. The third-order valence-corrected chi connectivity index (χ3v) is 4.58. The van der Waals surface area contributed by atoms with Crippen LogP contribution in [-0.4, -0.2) is 12.3 Å². The Balaban J connectivity index is 2.16. The van der Waals surface area contributed by atoms with E-state index in [4.69, 9.17) is 5.73 Å². The molecule has 0 aliphatic rings. The van der Waals surface area contributed by atoms with Crippen molar-refractivity contribution in [1.29, 1.82) is 5.26 Å². The molecule has 0 bridgehead atoms. The number of anilines is 2. The van der Waals surface area contributed by atoms with Gasteiger partial charge in [-0.15, -0.1) is 11.3 Å². The maximum Gasteiger partial charge on any atom is 0.171 e. The Bertz CT molecular complexity index is 686. The summed E-state index contributed by atoms with van der Waals surface area (Å²) in [5.41, 5.74) is 7.73. The highest BCUT2D eigenvalue weighted by Crippen LogP contribution is 2.35. The molecule has 1 atom stereocenters. The zero-order valence-corrected chi connectivity index (χ0v) is 12.8. The number of rotatable bonds is 5. The van der Waals surface area contributed by atoms with Crippen molar-refractivity contribution in [2.24, 2.45) is 0 Å². The fraction of sp³-hybridized carbons (Fsp3) is 0.250. The van der Waals surface area contributed by atoms with Gasteiger partial charge in [0.15, 0.2) is 5.78 Å². The highest BCUT2D eigenvalue weighted by Gasteiger charge is 2.19. The average Bonchev–Trinajstić information content (AvgIpc) is 2.81. The zero-order valence-electron chi connectivity index (χ0n) is 12.0. The van der Waals surface area contributed by atoms with Crippen LogP contribution in [0.5, 0.6) is 0 Å². The maximum atomic E-state index is 11.5. The smallest absolute Gasteiger partial charge is 0.171 e. The highest BCUT2D eigenvalue weighted by atomic mass is 32.1. The fourth-order valence-electron chi connectivity index (χ4n) is 2.09. The van der Waals surface area contributed by atoms with E-state index in [0.717, 1.165) is 0 Å². The van der Waals surface area contributed by atoms with E-state index in [2.05, 4.69) is 30.4 Å². The van der Waals surface area contributed by atoms with Gasteiger partial charge in [0.1, 0.15) is 16.6 Å². The van der Waals surface area contributed by atoms with Crippen LogP contribution in [0, 0.1) is 11.3 Å². The predicted molar refractivity (Wildman–Crippen MR) is 86.8 cm³/mol. The number of benzene rings is 1. The van der Waals surface area contributed by atoms with Crippen molar-refractivity contribution in [2.75, 3.05) is 17.6 Å². The summed E-state index contributed by atoms with van der Waals surface area (Å²) in [4.78, 5) is 11.9. The number of nitrogens with zero attached hydrogens (tertiary/aromatic N) is 1. The lowest BCUT2D eigenvalue weighted by Crippen LogP contribution is -2.09. The van der Waals surface area contributed by atoms with Gasteiger partial charge in [-0.3, -0.25) is 4.79 Å². The van der Waals surface area contributed by atoms with Crippen LogP contribution in [0.2, 0.25) is 0 Å². The standard InChI is InChI=1S/C16H17N3OS/c1-10(12-6-4-3-5-7-12)9-19-16-13(8-17)14(18)15(21-16)11(2)20/h3-7,10,19H,9,18H2,1-2H3. The summed E-state index contributed by atoms with van der Waals surface area (Å²) in [6, 6.07) is 12.2. The van der Waals surface area contributed by atoms with Crippen LogP contribution in [0.3, 0.4) is 0 Å². The van der Waals surface area contributed by atoms with Gasteiger partial charge in [-0.2, -0.15) is 5.26 Å². The number of nitriles is 1. The Morgan fingerprint density at radius 2 is 2.10 bits per heavy atom. The number of thiophene rings is 1. The van der Waals surface area contributed by atoms with Gasteiger partial charge in [0, 0.05) is 13.5 Å². The van der Waals surface area contributed by atoms with Crippen LogP contribution in [-0.2, 0) is 0 Å². The minimum absolute atomic E-state index is 0.113. The van der Waals surface area contributed by atoms with Crippen LogP contribution >= 0.6 is 11.3 Å². The molecule has 0 saturated heterocycles. The Kier molecular flexibility index (Phi) is 4.61. The number of hydrogen-bond acceptors (Lipinski definition) is 5. The summed E-state index contributed by atoms with van der Waals surface area (Å²) in [6.45, 7) is 4.24. The van der Waals surface area contributed by atoms with Gasteiger partial charge in [0.05, 0.1) is 10.6 Å². The van der Waals surface area contributed by atoms with Gasteiger partial charge in [-0.05, 0) is 11.5 Å². The monoisotopic (exact) mass is 299 g/mol. The number of Topliss-reactive ketones (excluding diaryl/α,β-unsaturated/α-hetero) is 1. The molecule has 0 radical (unpaired) electrons. The summed E-state index contributed by atoms with van der Waals surface area (Å²) >= 11 is 1.25. The fourth-order valence-corrected chi connectivity index (χ4v) is 3.06. The van der Waals surface area contributed by atoms with Crippen LogP contribution in [0.1, 0.15) is 40.6 Å². The number of nitrogen functional groups attached to an aromatic ring is 1. The Labute approximate surface area is 128 Å². The first kappa shape index (κ1) is 15.1. The van der Waals surface area contributed by atoms with Crippen LogP contribution in [0.15, 0.2) is 30.3 Å². The van der Waals surface area contributed by atoms with E-state index in [1.165, 1.54) is 23.8 Å². The number of carbonyl (C=O) groups excluding carboxylic acids is 1. The molecule has 0 aliphatic heterocycles. The lowest BCUT2D eigenvalue weighted by atomic mass is 10.0. The van der Waals surface area contributed by atoms with Crippen LogP contribution in [0.25, 0.3) is 0 Å². The maximum absolute atomic E-state index is 11.5. The number of nitrogens with one attached hydrogen (secondary N) is 1. The zero-order chi connectivity index (χ0) is 15.4. The van der Waals surface area contributed by atoms with Crippen LogP contribution < -0.4 is 11.1 Å². The van der Waals surface area contributed by atoms with Gasteiger partial charge in [0.25, 0.3) is 0 Å². The van der Waals surface area contributed by atoms with Gasteiger partial charge >= 0.3 is 0 Å². The van der Waals surface area contributed by atoms with Gasteiger partial charge in [-0.25, -0.2) is 0 Å². The molecule has 0 fully saturated rings. The number of carbonyl (C=O) groups is 1. The lowest BCUT2D eigenvalue weighted by molar-refractivity contribution is 0.102. The van der Waals surface area contributed by atoms with Crippen molar-refractivity contribution in [3.63, 3.8) is 0 Å². The number of hydrogen-bond donors (Lipinski definition) is 2. The molecule has 5 heteroatoms. The molecule has 1 unspecified atom stereocenters. The Morgan fingerprint density at radius 3 is 2.67 bits per heavy atom. The average molecular weight is 299 g/mol. The molecule has 21 heavy (non-hydrogen) atoms. The molecule has 0 spiro atoms. The summed E-state index contributed by atoms with van der Waals surface area (Å²) in [6.07, 6.45) is 0. The molecule has 1 heterocycles. The lowest BCUT2D eigenvalue weighted by Gasteiger charge is -2.13. The largest absolute Gasteiger partial charge is 0.396 e. The molecule has 0 aliphatic carbocycles. The van der Waals surface area contributed by atoms with Gasteiger partial charge < -0.3 is 11.1 Å². The first-order valence-electron chi connectivity index (χ1n) is 6.66. The van der Waals surface area contributed by atoms with Gasteiger partial charge in [0.2, 0.25) is 0 Å². The van der Waals surface area contributed by atoms with Crippen LogP contribution in [0.4, 0.5) is 10.7 Å². The highest BCUT2D eigenvalue weighted by molar-refractivity contribution is 7.18. The SMILES string of the molecule is CC(=O)c1sc(NCC(C)c2ccccc2)c(C#N)c1N. The summed E-state index contributed by atoms with van der Waals surface area (Å²) in [7, 11) is 0. The molecule has 108 valence electrons. The van der Waals surface area contributed by atoms with E-state index < -0.39 is 0 Å². The van der Waals surface area contributed by atoms with Gasteiger partial charge in [-0.1, -0.05) is 37.3 Å². The topological polar surface area (TPSA) is 78.9 Å². The molecular formula is C16H17N3OS. The molecule has 1 aromatic carbocycles. The first-order chi connectivity index (χ1) is 10.0. The molecule has 1 aromatic heterocycles. The summed E-state index contributed by atoms with van der Waals surface area (Å²) in [5.74, 6) is 0.181. The predicted octanol–water partition coefficient (Wildman–Crippen LogP) is 3.62. The third kappa shape index (κ3) is 3.23. The van der Waals surface area contributed by atoms with Crippen molar-refractivity contribution in [1.82, 2.24) is 0 Å². The Morgan fingerprint density at radius 1 is 1.43 bits per heavy atom. The van der Waals surface area contributed by atoms with E-state index in [0.29, 0.717) is 27.9 Å². The second-order valence-corrected chi connectivity index (χ2v) is 5.93. The molecule has 0 amide bonds. The molecule has 0 saturated carbocycles. The number of nitrogens with two attached hydrogens (primary N) is 1. The van der Waals surface area contributed by atoms with E-state index >= 15 is 0 Å². The molecule has 2 rings (SSSR count). The van der Waals surface area contributed by atoms with E-state index in [9.17, 15) is 10.1 Å². The number of ketones is 1.